The largest absolute Gasteiger partial charge is 0.496 e. The summed E-state index contributed by atoms with van der Waals surface area (Å²) in [6.07, 6.45) is 0.492. The lowest BCUT2D eigenvalue weighted by Crippen LogP contribution is -2.41. The minimum Gasteiger partial charge on any atom is -0.496 e. The van der Waals surface area contributed by atoms with E-state index >= 15 is 0 Å². The van der Waals surface area contributed by atoms with Gasteiger partial charge in [-0.15, -0.1) is 0 Å². The SMILES string of the molecule is COc1ccccc1CC(C)(C)C(=O)NCC(C(=O)O)c1ccccc1. The minimum atomic E-state index is -0.959. The quantitative estimate of drug-likeness (QED) is 0.762. The summed E-state index contributed by atoms with van der Waals surface area (Å²) in [5, 5.41) is 12.3. The van der Waals surface area contributed by atoms with Crippen LogP contribution in [0.5, 0.6) is 5.75 Å². The second-order valence-electron chi connectivity index (χ2n) is 6.88. The van der Waals surface area contributed by atoms with Crippen molar-refractivity contribution < 1.29 is 19.4 Å². The molecule has 0 fully saturated rings. The number of hydrogen-bond acceptors (Lipinski definition) is 3. The van der Waals surface area contributed by atoms with E-state index in [9.17, 15) is 14.7 Å². The molecule has 0 heterocycles. The number of amides is 1. The predicted octanol–water partition coefficient (Wildman–Crippen LogP) is 3.25. The Balaban J connectivity index is 2.06. The molecule has 0 aliphatic rings. The molecule has 2 rings (SSSR count). The Morgan fingerprint density at radius 2 is 1.69 bits per heavy atom. The molecule has 26 heavy (non-hydrogen) atoms. The number of carboxylic acids is 1. The van der Waals surface area contributed by atoms with Gasteiger partial charge in [0.25, 0.3) is 0 Å². The first kappa shape index (κ1) is 19.5. The molecule has 1 amide bonds. The zero-order valence-corrected chi connectivity index (χ0v) is 15.4. The van der Waals surface area contributed by atoms with E-state index in [0.717, 1.165) is 11.3 Å². The van der Waals surface area contributed by atoms with Gasteiger partial charge in [-0.1, -0.05) is 62.4 Å². The highest BCUT2D eigenvalue weighted by Gasteiger charge is 2.30. The Kier molecular flexibility index (Phi) is 6.39. The maximum Gasteiger partial charge on any atom is 0.312 e. The average Bonchev–Trinajstić information content (AvgIpc) is 2.62. The van der Waals surface area contributed by atoms with Crippen LogP contribution in [0, 0.1) is 5.41 Å². The van der Waals surface area contributed by atoms with Crippen LogP contribution < -0.4 is 10.1 Å². The Morgan fingerprint density at radius 1 is 1.08 bits per heavy atom. The van der Waals surface area contributed by atoms with Crippen LogP contribution >= 0.6 is 0 Å². The van der Waals surface area contributed by atoms with Crippen LogP contribution in [0.3, 0.4) is 0 Å². The third kappa shape index (κ3) is 4.85. The maximum atomic E-state index is 12.7. The van der Waals surface area contributed by atoms with Crippen molar-refractivity contribution in [1.29, 1.82) is 0 Å². The standard InChI is InChI=1S/C21H25NO4/c1-21(2,13-16-11-7-8-12-18(16)26-3)20(25)22-14-17(19(23)24)15-9-5-4-6-10-15/h4-12,17H,13-14H2,1-3H3,(H,22,25)(H,23,24). The van der Waals surface area contributed by atoms with Gasteiger partial charge in [0.2, 0.25) is 5.91 Å². The molecule has 2 aromatic carbocycles. The molecule has 2 N–H and O–H groups in total. The Hall–Kier alpha value is -2.82. The molecule has 2 aromatic rings. The fourth-order valence-electron chi connectivity index (χ4n) is 2.87. The van der Waals surface area contributed by atoms with Crippen LogP contribution in [0.4, 0.5) is 0 Å². The lowest BCUT2D eigenvalue weighted by molar-refractivity contribution is -0.139. The molecule has 0 saturated carbocycles. The lowest BCUT2D eigenvalue weighted by atomic mass is 9.84. The van der Waals surface area contributed by atoms with Crippen LogP contribution in [0.25, 0.3) is 0 Å². The van der Waals surface area contributed by atoms with Gasteiger partial charge in [-0.05, 0) is 23.6 Å². The molecule has 5 heteroatoms. The van der Waals surface area contributed by atoms with Crippen LogP contribution in [0.15, 0.2) is 54.6 Å². The van der Waals surface area contributed by atoms with Gasteiger partial charge < -0.3 is 15.2 Å². The van der Waals surface area contributed by atoms with E-state index < -0.39 is 17.3 Å². The van der Waals surface area contributed by atoms with Crippen molar-refractivity contribution in [2.75, 3.05) is 13.7 Å². The van der Waals surface area contributed by atoms with Gasteiger partial charge in [-0.3, -0.25) is 9.59 Å². The average molecular weight is 355 g/mol. The molecule has 0 radical (unpaired) electrons. The molecule has 1 atom stereocenters. The number of benzene rings is 2. The van der Waals surface area contributed by atoms with Crippen LogP contribution in [-0.4, -0.2) is 30.6 Å². The fourth-order valence-corrected chi connectivity index (χ4v) is 2.87. The number of aliphatic carboxylic acids is 1. The minimum absolute atomic E-state index is 0.0491. The van der Waals surface area contributed by atoms with E-state index in [0.29, 0.717) is 12.0 Å². The van der Waals surface area contributed by atoms with E-state index in [1.54, 1.807) is 31.4 Å². The van der Waals surface area contributed by atoms with Crippen molar-refractivity contribution in [1.82, 2.24) is 5.32 Å². The van der Waals surface area contributed by atoms with E-state index in [-0.39, 0.29) is 12.5 Å². The van der Waals surface area contributed by atoms with Crippen LogP contribution in [0.2, 0.25) is 0 Å². The predicted molar refractivity (Wildman–Crippen MR) is 100 cm³/mol. The summed E-state index contributed by atoms with van der Waals surface area (Å²) in [5.41, 5.74) is 0.907. The highest BCUT2D eigenvalue weighted by atomic mass is 16.5. The first-order valence-electron chi connectivity index (χ1n) is 8.53. The molecule has 0 aromatic heterocycles. The second kappa shape index (κ2) is 8.52. The van der Waals surface area contributed by atoms with Crippen molar-refractivity contribution in [3.8, 4) is 5.75 Å². The van der Waals surface area contributed by atoms with Crippen molar-refractivity contribution >= 4 is 11.9 Å². The second-order valence-corrected chi connectivity index (χ2v) is 6.88. The Morgan fingerprint density at radius 3 is 2.31 bits per heavy atom. The molecule has 0 saturated heterocycles. The van der Waals surface area contributed by atoms with Crippen LogP contribution in [-0.2, 0) is 16.0 Å². The monoisotopic (exact) mass is 355 g/mol. The number of rotatable bonds is 8. The molecule has 0 spiro atoms. The molecule has 0 aliphatic carbocycles. The summed E-state index contributed by atoms with van der Waals surface area (Å²) in [4.78, 5) is 24.3. The van der Waals surface area contributed by atoms with Crippen LogP contribution in [0.1, 0.15) is 30.9 Å². The first-order chi connectivity index (χ1) is 12.3. The highest BCUT2D eigenvalue weighted by Crippen LogP contribution is 2.28. The summed E-state index contributed by atoms with van der Waals surface area (Å²) in [6, 6.07) is 16.5. The third-order valence-electron chi connectivity index (χ3n) is 4.41. The number of methoxy groups -OCH3 is 1. The van der Waals surface area contributed by atoms with E-state index in [2.05, 4.69) is 5.32 Å². The van der Waals surface area contributed by atoms with E-state index in [1.807, 2.05) is 44.2 Å². The van der Waals surface area contributed by atoms with Gasteiger partial charge in [0.05, 0.1) is 13.0 Å². The zero-order valence-electron chi connectivity index (χ0n) is 15.4. The van der Waals surface area contributed by atoms with E-state index in [1.165, 1.54) is 0 Å². The third-order valence-corrected chi connectivity index (χ3v) is 4.41. The lowest BCUT2D eigenvalue weighted by Gasteiger charge is -2.25. The summed E-state index contributed by atoms with van der Waals surface area (Å²) in [7, 11) is 1.60. The first-order valence-corrected chi connectivity index (χ1v) is 8.53. The van der Waals surface area contributed by atoms with Gasteiger partial charge in [-0.25, -0.2) is 0 Å². The van der Waals surface area contributed by atoms with Gasteiger partial charge >= 0.3 is 5.97 Å². The molecule has 1 unspecified atom stereocenters. The number of ether oxygens (including phenoxy) is 1. The summed E-state index contributed by atoms with van der Waals surface area (Å²) in [6.45, 7) is 3.73. The molecular formula is C21H25NO4. The number of nitrogens with one attached hydrogen (secondary N) is 1. The van der Waals surface area contributed by atoms with Crippen molar-refractivity contribution in [3.05, 3.63) is 65.7 Å². The molecule has 138 valence electrons. The zero-order chi connectivity index (χ0) is 19.2. The molecule has 0 bridgehead atoms. The smallest absolute Gasteiger partial charge is 0.312 e. The van der Waals surface area contributed by atoms with Crippen molar-refractivity contribution in [2.24, 2.45) is 5.41 Å². The number of carbonyl (C=O) groups is 2. The van der Waals surface area contributed by atoms with Crippen molar-refractivity contribution in [3.63, 3.8) is 0 Å². The summed E-state index contributed by atoms with van der Waals surface area (Å²) in [5.74, 6) is -1.19. The number of carbonyl (C=O) groups excluding carboxylic acids is 1. The summed E-state index contributed by atoms with van der Waals surface area (Å²) < 4.78 is 5.35. The highest BCUT2D eigenvalue weighted by molar-refractivity contribution is 5.83. The molecular weight excluding hydrogens is 330 g/mol. The summed E-state index contributed by atoms with van der Waals surface area (Å²) >= 11 is 0. The molecule has 0 aliphatic heterocycles. The number of para-hydroxylation sites is 1. The fraction of sp³-hybridized carbons (Fsp3) is 0.333. The number of carboxylic acid groups (broad SMARTS) is 1. The van der Waals surface area contributed by atoms with Gasteiger partial charge in [0.1, 0.15) is 5.75 Å². The van der Waals surface area contributed by atoms with Gasteiger partial charge in [-0.2, -0.15) is 0 Å². The maximum absolute atomic E-state index is 12.7. The van der Waals surface area contributed by atoms with Gasteiger partial charge in [0, 0.05) is 12.0 Å². The Labute approximate surface area is 154 Å². The van der Waals surface area contributed by atoms with E-state index in [4.69, 9.17) is 4.74 Å². The molecule has 5 nitrogen and oxygen atoms in total. The van der Waals surface area contributed by atoms with Gasteiger partial charge in [0.15, 0.2) is 0 Å². The number of hydrogen-bond donors (Lipinski definition) is 2. The normalized spacial score (nSPS) is 12.3. The Bertz CT molecular complexity index is 756. The topological polar surface area (TPSA) is 75.6 Å². The van der Waals surface area contributed by atoms with Crippen molar-refractivity contribution in [2.45, 2.75) is 26.2 Å².